The lowest BCUT2D eigenvalue weighted by atomic mass is 9.99. The van der Waals surface area contributed by atoms with Gasteiger partial charge in [0, 0.05) is 5.69 Å². The number of ether oxygens (including phenoxy) is 1. The Morgan fingerprint density at radius 3 is 2.33 bits per heavy atom. The average Bonchev–Trinajstić information content (AvgIpc) is 2.46. The van der Waals surface area contributed by atoms with Gasteiger partial charge in [-0.3, -0.25) is 0 Å². The van der Waals surface area contributed by atoms with Crippen molar-refractivity contribution >= 4 is 17.7 Å². The molecule has 116 valence electrons. The molecule has 1 rings (SSSR count). The molecule has 6 nitrogen and oxygen atoms in total. The van der Waals surface area contributed by atoms with Crippen LogP contribution in [0.25, 0.3) is 0 Å². The van der Waals surface area contributed by atoms with E-state index in [0.29, 0.717) is 24.5 Å². The molecule has 1 unspecified atom stereocenters. The van der Waals surface area contributed by atoms with Gasteiger partial charge < -0.3 is 20.5 Å². The average molecular weight is 294 g/mol. The summed E-state index contributed by atoms with van der Waals surface area (Å²) in [7, 11) is 0. The van der Waals surface area contributed by atoms with E-state index in [1.807, 2.05) is 13.8 Å². The third-order valence-corrected chi connectivity index (χ3v) is 3.19. The lowest BCUT2D eigenvalue weighted by Crippen LogP contribution is -2.46. The fraction of sp³-hybridized carbons (Fsp3) is 0.467. The zero-order valence-corrected chi connectivity index (χ0v) is 12.6. The fourth-order valence-electron chi connectivity index (χ4n) is 1.79. The van der Waals surface area contributed by atoms with Gasteiger partial charge in [-0.05, 0) is 37.1 Å². The first kappa shape index (κ1) is 16.8. The van der Waals surface area contributed by atoms with E-state index in [1.165, 1.54) is 0 Å². The van der Waals surface area contributed by atoms with Crippen LogP contribution in [0.5, 0.6) is 5.75 Å². The second-order valence-corrected chi connectivity index (χ2v) is 4.76. The Morgan fingerprint density at radius 1 is 1.24 bits per heavy atom. The molecule has 2 amide bonds. The third kappa shape index (κ3) is 5.33. The number of rotatable bonds is 7. The minimum absolute atomic E-state index is 0.145. The van der Waals surface area contributed by atoms with E-state index in [-0.39, 0.29) is 5.92 Å². The number of hydrogen-bond acceptors (Lipinski definition) is 3. The number of benzene rings is 1. The maximum Gasteiger partial charge on any atom is 0.326 e. The topological polar surface area (TPSA) is 87.7 Å². The van der Waals surface area contributed by atoms with Crippen LogP contribution in [0.1, 0.15) is 27.2 Å². The molecular weight excluding hydrogens is 272 g/mol. The van der Waals surface area contributed by atoms with Gasteiger partial charge in [0.05, 0.1) is 6.61 Å². The number of nitrogens with one attached hydrogen (secondary N) is 2. The smallest absolute Gasteiger partial charge is 0.326 e. The standard InChI is InChI=1S/C15H22N2O4/c1-4-10(3)13(14(18)19)17-15(20)16-11-6-8-12(9-7-11)21-5-2/h6-10,13H,4-5H2,1-3H3,(H,18,19)(H2,16,17,20)/t10?,13-/m0/s1. The molecule has 0 aliphatic carbocycles. The Morgan fingerprint density at radius 2 is 1.86 bits per heavy atom. The monoisotopic (exact) mass is 294 g/mol. The summed E-state index contributed by atoms with van der Waals surface area (Å²) < 4.78 is 5.30. The van der Waals surface area contributed by atoms with Gasteiger partial charge in [-0.2, -0.15) is 0 Å². The van der Waals surface area contributed by atoms with Crippen molar-refractivity contribution in [1.29, 1.82) is 0 Å². The van der Waals surface area contributed by atoms with Crippen LogP contribution in [0.15, 0.2) is 24.3 Å². The lowest BCUT2D eigenvalue weighted by molar-refractivity contribution is -0.140. The van der Waals surface area contributed by atoms with E-state index in [0.717, 1.165) is 0 Å². The van der Waals surface area contributed by atoms with Gasteiger partial charge in [0.2, 0.25) is 0 Å². The van der Waals surface area contributed by atoms with Gasteiger partial charge in [-0.15, -0.1) is 0 Å². The van der Waals surface area contributed by atoms with Gasteiger partial charge in [0.15, 0.2) is 0 Å². The molecule has 0 fully saturated rings. The number of carbonyl (C=O) groups excluding carboxylic acids is 1. The minimum Gasteiger partial charge on any atom is -0.494 e. The number of urea groups is 1. The second-order valence-electron chi connectivity index (χ2n) is 4.76. The van der Waals surface area contributed by atoms with Crippen molar-refractivity contribution in [3.8, 4) is 5.75 Å². The Labute approximate surface area is 124 Å². The summed E-state index contributed by atoms with van der Waals surface area (Å²) in [5.41, 5.74) is 0.573. The Kier molecular flexibility index (Phi) is 6.52. The summed E-state index contributed by atoms with van der Waals surface area (Å²) in [4.78, 5) is 23.0. The molecule has 0 aliphatic rings. The molecule has 1 aromatic carbocycles. The van der Waals surface area contributed by atoms with Gasteiger partial charge in [-0.25, -0.2) is 9.59 Å². The molecule has 0 saturated heterocycles. The van der Waals surface area contributed by atoms with E-state index in [2.05, 4.69) is 10.6 Å². The molecule has 0 spiro atoms. The normalized spacial score (nSPS) is 13.1. The maximum atomic E-state index is 11.8. The molecular formula is C15H22N2O4. The van der Waals surface area contributed by atoms with Crippen molar-refractivity contribution in [2.75, 3.05) is 11.9 Å². The second kappa shape index (κ2) is 8.14. The molecule has 0 radical (unpaired) electrons. The Balaban J connectivity index is 2.61. The minimum atomic E-state index is -1.04. The van der Waals surface area contributed by atoms with Crippen LogP contribution >= 0.6 is 0 Å². The molecule has 21 heavy (non-hydrogen) atoms. The third-order valence-electron chi connectivity index (χ3n) is 3.19. The molecule has 0 aliphatic heterocycles. The van der Waals surface area contributed by atoms with Crippen LogP contribution in [0.3, 0.4) is 0 Å². The molecule has 0 saturated carbocycles. The van der Waals surface area contributed by atoms with Gasteiger partial charge in [-0.1, -0.05) is 20.3 Å². The maximum absolute atomic E-state index is 11.8. The highest BCUT2D eigenvalue weighted by atomic mass is 16.5. The van der Waals surface area contributed by atoms with Gasteiger partial charge in [0.25, 0.3) is 0 Å². The van der Waals surface area contributed by atoms with E-state index in [9.17, 15) is 9.59 Å². The number of aliphatic carboxylic acids is 1. The van der Waals surface area contributed by atoms with Crippen LogP contribution in [-0.2, 0) is 4.79 Å². The summed E-state index contributed by atoms with van der Waals surface area (Å²) in [6, 6.07) is 5.43. The molecule has 2 atom stereocenters. The number of carboxylic acids is 1. The molecule has 3 N–H and O–H groups in total. The Bertz CT molecular complexity index is 473. The van der Waals surface area contributed by atoms with Crippen molar-refractivity contribution in [1.82, 2.24) is 5.32 Å². The van der Waals surface area contributed by atoms with Crippen molar-refractivity contribution in [3.63, 3.8) is 0 Å². The van der Waals surface area contributed by atoms with Crippen LogP contribution in [-0.4, -0.2) is 29.8 Å². The van der Waals surface area contributed by atoms with Gasteiger partial charge >= 0.3 is 12.0 Å². The highest BCUT2D eigenvalue weighted by Crippen LogP contribution is 2.15. The number of hydrogen-bond donors (Lipinski definition) is 3. The predicted octanol–water partition coefficient (Wildman–Crippen LogP) is 2.71. The first-order valence-corrected chi connectivity index (χ1v) is 7.01. The van der Waals surface area contributed by atoms with Crippen LogP contribution in [0.2, 0.25) is 0 Å². The molecule has 1 aromatic rings. The van der Waals surface area contributed by atoms with E-state index < -0.39 is 18.0 Å². The summed E-state index contributed by atoms with van der Waals surface area (Å²) in [6.45, 7) is 6.13. The van der Waals surface area contributed by atoms with Crippen LogP contribution in [0, 0.1) is 5.92 Å². The Hall–Kier alpha value is -2.24. The van der Waals surface area contributed by atoms with Crippen molar-refractivity contribution in [3.05, 3.63) is 24.3 Å². The SMILES string of the molecule is CCOc1ccc(NC(=O)N[C@H](C(=O)O)C(C)CC)cc1. The van der Waals surface area contributed by atoms with Crippen LogP contribution in [0.4, 0.5) is 10.5 Å². The van der Waals surface area contributed by atoms with Crippen molar-refractivity contribution in [2.24, 2.45) is 5.92 Å². The van der Waals surface area contributed by atoms with E-state index >= 15 is 0 Å². The lowest BCUT2D eigenvalue weighted by Gasteiger charge is -2.20. The highest BCUT2D eigenvalue weighted by molar-refractivity contribution is 5.92. The molecule has 0 bridgehead atoms. The number of carboxylic acid groups (broad SMARTS) is 1. The van der Waals surface area contributed by atoms with E-state index in [1.54, 1.807) is 31.2 Å². The molecule has 6 heteroatoms. The zero-order chi connectivity index (χ0) is 15.8. The largest absolute Gasteiger partial charge is 0.494 e. The number of carbonyl (C=O) groups is 2. The first-order chi connectivity index (χ1) is 9.97. The van der Waals surface area contributed by atoms with Crippen molar-refractivity contribution < 1.29 is 19.4 Å². The summed E-state index contributed by atoms with van der Waals surface area (Å²) in [6.07, 6.45) is 0.667. The number of anilines is 1. The molecule has 0 heterocycles. The van der Waals surface area contributed by atoms with Crippen LogP contribution < -0.4 is 15.4 Å². The first-order valence-electron chi connectivity index (χ1n) is 7.01. The zero-order valence-electron chi connectivity index (χ0n) is 12.6. The highest BCUT2D eigenvalue weighted by Gasteiger charge is 2.25. The van der Waals surface area contributed by atoms with Crippen molar-refractivity contribution in [2.45, 2.75) is 33.2 Å². The number of amides is 2. The summed E-state index contributed by atoms with van der Waals surface area (Å²) in [5.74, 6) is -0.466. The van der Waals surface area contributed by atoms with E-state index in [4.69, 9.17) is 9.84 Å². The fourth-order valence-corrected chi connectivity index (χ4v) is 1.79. The molecule has 0 aromatic heterocycles. The van der Waals surface area contributed by atoms with Gasteiger partial charge in [0.1, 0.15) is 11.8 Å². The quantitative estimate of drug-likeness (QED) is 0.721. The summed E-state index contributed by atoms with van der Waals surface area (Å²) >= 11 is 0. The predicted molar refractivity (Wildman–Crippen MR) is 80.6 cm³/mol. The summed E-state index contributed by atoms with van der Waals surface area (Å²) in [5, 5.41) is 14.2.